The van der Waals surface area contributed by atoms with Crippen LogP contribution < -0.4 is 4.72 Å². The number of halogens is 1. The third-order valence-electron chi connectivity index (χ3n) is 2.46. The van der Waals surface area contributed by atoms with Gasteiger partial charge in [0.05, 0.1) is 4.90 Å². The van der Waals surface area contributed by atoms with Crippen LogP contribution in [-0.2, 0) is 15.9 Å². The third kappa shape index (κ3) is 2.75. The number of alkyl halides is 1. The summed E-state index contributed by atoms with van der Waals surface area (Å²) in [5, 5.41) is 0. The maximum Gasteiger partial charge on any atom is 0.240 e. The van der Waals surface area contributed by atoms with Gasteiger partial charge in [-0.1, -0.05) is 13.0 Å². The van der Waals surface area contributed by atoms with E-state index in [1.54, 1.807) is 19.9 Å². The normalized spacial score (nSPS) is 11.8. The van der Waals surface area contributed by atoms with E-state index in [1.807, 2.05) is 13.0 Å². The van der Waals surface area contributed by atoms with Crippen molar-refractivity contribution in [1.82, 2.24) is 4.72 Å². The number of hydrogen-bond acceptors (Lipinski definition) is 2. The summed E-state index contributed by atoms with van der Waals surface area (Å²) in [5.74, 6) is 0.315. The molecule has 0 unspecified atom stereocenters. The summed E-state index contributed by atoms with van der Waals surface area (Å²) in [4.78, 5) is 0.324. The Hall–Kier alpha value is -0.580. The lowest BCUT2D eigenvalue weighted by atomic mass is 10.1. The summed E-state index contributed by atoms with van der Waals surface area (Å²) in [6, 6.07) is 3.54. The van der Waals surface area contributed by atoms with Gasteiger partial charge in [-0.15, -0.1) is 11.6 Å². The predicted molar refractivity (Wildman–Crippen MR) is 66.3 cm³/mol. The van der Waals surface area contributed by atoms with Crippen molar-refractivity contribution in [2.45, 2.75) is 31.5 Å². The van der Waals surface area contributed by atoms with E-state index in [1.165, 1.54) is 0 Å². The molecule has 1 N–H and O–H groups in total. The molecule has 0 aliphatic heterocycles. The topological polar surface area (TPSA) is 46.2 Å². The maximum absolute atomic E-state index is 11.9. The molecule has 1 aromatic carbocycles. The average Bonchev–Trinajstić information content (AvgIpc) is 2.21. The number of benzene rings is 1. The third-order valence-corrected chi connectivity index (χ3v) is 4.44. The van der Waals surface area contributed by atoms with Crippen molar-refractivity contribution in [2.24, 2.45) is 0 Å². The van der Waals surface area contributed by atoms with Gasteiger partial charge in [0, 0.05) is 12.4 Å². The molecule has 0 atom stereocenters. The van der Waals surface area contributed by atoms with Gasteiger partial charge >= 0.3 is 0 Å². The summed E-state index contributed by atoms with van der Waals surface area (Å²) >= 11 is 5.74. The Bertz CT molecular complexity index is 483. The van der Waals surface area contributed by atoms with E-state index in [-0.39, 0.29) is 0 Å². The lowest BCUT2D eigenvalue weighted by molar-refractivity contribution is 0.583. The molecule has 5 heteroatoms. The number of hydrogen-bond donors (Lipinski definition) is 1. The second-order valence-corrected chi connectivity index (χ2v) is 5.67. The minimum atomic E-state index is -3.40. The van der Waals surface area contributed by atoms with Crippen LogP contribution in [0.15, 0.2) is 17.0 Å². The second-order valence-electron chi connectivity index (χ2n) is 3.67. The molecule has 0 fully saturated rings. The fourth-order valence-electron chi connectivity index (χ4n) is 1.52. The van der Waals surface area contributed by atoms with Crippen molar-refractivity contribution in [3.8, 4) is 0 Å². The Kier molecular flexibility index (Phi) is 4.35. The van der Waals surface area contributed by atoms with E-state index in [2.05, 4.69) is 4.72 Å². The standard InChI is InChI=1S/C11H16ClNO2S/c1-4-13-16(14,15)11-6-10(7-12)5-8(2)9(11)3/h5-6,13H,4,7H2,1-3H3. The van der Waals surface area contributed by atoms with E-state index in [0.717, 1.165) is 16.7 Å². The molecule has 0 bridgehead atoms. The Balaban J connectivity index is 3.38. The van der Waals surface area contributed by atoms with E-state index in [4.69, 9.17) is 11.6 Å². The second kappa shape index (κ2) is 5.17. The quantitative estimate of drug-likeness (QED) is 0.846. The molecule has 0 saturated heterocycles. The van der Waals surface area contributed by atoms with Crippen molar-refractivity contribution < 1.29 is 8.42 Å². The van der Waals surface area contributed by atoms with Crippen LogP contribution in [0.5, 0.6) is 0 Å². The zero-order valence-electron chi connectivity index (χ0n) is 9.67. The molecule has 0 aliphatic rings. The van der Waals surface area contributed by atoms with Crippen molar-refractivity contribution in [3.63, 3.8) is 0 Å². The summed E-state index contributed by atoms with van der Waals surface area (Å²) in [6.07, 6.45) is 0. The van der Waals surface area contributed by atoms with Gasteiger partial charge in [-0.25, -0.2) is 13.1 Å². The fourth-order valence-corrected chi connectivity index (χ4v) is 3.08. The smallest absolute Gasteiger partial charge is 0.211 e. The van der Waals surface area contributed by atoms with Gasteiger partial charge < -0.3 is 0 Å². The molecule has 3 nitrogen and oxygen atoms in total. The van der Waals surface area contributed by atoms with Crippen molar-refractivity contribution in [3.05, 3.63) is 28.8 Å². The highest BCUT2D eigenvalue weighted by atomic mass is 35.5. The van der Waals surface area contributed by atoms with Gasteiger partial charge in [0.15, 0.2) is 0 Å². The first-order chi connectivity index (χ1) is 7.42. The lowest BCUT2D eigenvalue weighted by Crippen LogP contribution is -2.24. The first kappa shape index (κ1) is 13.5. The molecule has 16 heavy (non-hydrogen) atoms. The van der Waals surface area contributed by atoms with Crippen LogP contribution in [0.3, 0.4) is 0 Å². The summed E-state index contributed by atoms with van der Waals surface area (Å²) < 4.78 is 26.3. The lowest BCUT2D eigenvalue weighted by Gasteiger charge is -2.11. The molecular formula is C11H16ClNO2S. The number of nitrogens with one attached hydrogen (secondary N) is 1. The minimum absolute atomic E-state index is 0.315. The molecule has 0 aromatic heterocycles. The number of aryl methyl sites for hydroxylation is 1. The summed E-state index contributed by atoms with van der Waals surface area (Å²) in [5.41, 5.74) is 2.53. The van der Waals surface area contributed by atoms with E-state index >= 15 is 0 Å². The first-order valence-electron chi connectivity index (χ1n) is 5.08. The molecule has 1 aromatic rings. The van der Waals surface area contributed by atoms with E-state index in [9.17, 15) is 8.42 Å². The highest BCUT2D eigenvalue weighted by Gasteiger charge is 2.17. The zero-order chi connectivity index (χ0) is 12.3. The summed E-state index contributed by atoms with van der Waals surface area (Å²) in [7, 11) is -3.40. The predicted octanol–water partition coefficient (Wildman–Crippen LogP) is 2.34. The van der Waals surface area contributed by atoms with E-state index in [0.29, 0.717) is 17.3 Å². The molecule has 90 valence electrons. The first-order valence-corrected chi connectivity index (χ1v) is 7.10. The van der Waals surface area contributed by atoms with Crippen LogP contribution >= 0.6 is 11.6 Å². The van der Waals surface area contributed by atoms with Gasteiger partial charge in [0.25, 0.3) is 0 Å². The number of rotatable bonds is 4. The maximum atomic E-state index is 11.9. The molecule has 0 saturated carbocycles. The van der Waals surface area contributed by atoms with Crippen molar-refractivity contribution >= 4 is 21.6 Å². The Morgan fingerprint density at radius 2 is 1.94 bits per heavy atom. The van der Waals surface area contributed by atoms with Gasteiger partial charge in [0.1, 0.15) is 0 Å². The summed E-state index contributed by atoms with van der Waals surface area (Å²) in [6.45, 7) is 5.82. The SMILES string of the molecule is CCNS(=O)(=O)c1cc(CCl)cc(C)c1C. The fraction of sp³-hybridized carbons (Fsp3) is 0.455. The Morgan fingerprint density at radius 3 is 2.44 bits per heavy atom. The molecule has 0 aliphatic carbocycles. The Labute approximate surface area is 102 Å². The Morgan fingerprint density at radius 1 is 1.31 bits per heavy atom. The molecule has 0 spiro atoms. The highest BCUT2D eigenvalue weighted by molar-refractivity contribution is 7.89. The van der Waals surface area contributed by atoms with Crippen LogP contribution in [0.25, 0.3) is 0 Å². The molecule has 0 heterocycles. The monoisotopic (exact) mass is 261 g/mol. The minimum Gasteiger partial charge on any atom is -0.211 e. The van der Waals surface area contributed by atoms with Crippen molar-refractivity contribution in [1.29, 1.82) is 0 Å². The number of sulfonamides is 1. The van der Waals surface area contributed by atoms with Crippen molar-refractivity contribution in [2.75, 3.05) is 6.54 Å². The zero-order valence-corrected chi connectivity index (χ0v) is 11.2. The molecule has 0 amide bonds. The van der Waals surface area contributed by atoms with Crippen LogP contribution in [-0.4, -0.2) is 15.0 Å². The van der Waals surface area contributed by atoms with Gasteiger partial charge in [-0.05, 0) is 36.6 Å². The largest absolute Gasteiger partial charge is 0.240 e. The van der Waals surface area contributed by atoms with Gasteiger partial charge in [-0.3, -0.25) is 0 Å². The van der Waals surface area contributed by atoms with Gasteiger partial charge in [0.2, 0.25) is 10.0 Å². The van der Waals surface area contributed by atoms with Crippen LogP contribution in [0.4, 0.5) is 0 Å². The van der Waals surface area contributed by atoms with Gasteiger partial charge in [-0.2, -0.15) is 0 Å². The average molecular weight is 262 g/mol. The molecule has 0 radical (unpaired) electrons. The highest BCUT2D eigenvalue weighted by Crippen LogP contribution is 2.21. The van der Waals surface area contributed by atoms with Crippen LogP contribution in [0.1, 0.15) is 23.6 Å². The van der Waals surface area contributed by atoms with Crippen LogP contribution in [0.2, 0.25) is 0 Å². The molecule has 1 rings (SSSR count). The van der Waals surface area contributed by atoms with E-state index < -0.39 is 10.0 Å². The van der Waals surface area contributed by atoms with Crippen LogP contribution in [0, 0.1) is 13.8 Å². The molecular weight excluding hydrogens is 246 g/mol.